The van der Waals surface area contributed by atoms with E-state index in [1.807, 2.05) is 0 Å². The van der Waals surface area contributed by atoms with E-state index >= 15 is 4.39 Å². The van der Waals surface area contributed by atoms with Gasteiger partial charge in [-0.3, -0.25) is 24.5 Å². The first-order chi connectivity index (χ1) is 16.0. The Morgan fingerprint density at radius 2 is 1.85 bits per heavy atom. The van der Waals surface area contributed by atoms with Gasteiger partial charge in [0.25, 0.3) is 11.8 Å². The molecule has 4 rings (SSSR count). The zero-order valence-corrected chi connectivity index (χ0v) is 17.2. The summed E-state index contributed by atoms with van der Waals surface area (Å²) in [5.41, 5.74) is -1.73. The molecule has 0 saturated carbocycles. The van der Waals surface area contributed by atoms with Gasteiger partial charge >= 0.3 is 6.18 Å². The zero-order valence-electron chi connectivity index (χ0n) is 17.2. The Kier molecular flexibility index (Phi) is 5.84. The minimum atomic E-state index is -5.00. The van der Waals surface area contributed by atoms with Crippen LogP contribution in [0.4, 0.5) is 22.0 Å². The number of rotatable bonds is 4. The maximum Gasteiger partial charge on any atom is 0.412 e. The van der Waals surface area contributed by atoms with Gasteiger partial charge in [-0.2, -0.15) is 13.2 Å². The number of nitrogens with one attached hydrogen (secondary N) is 2. The fourth-order valence-corrected chi connectivity index (χ4v) is 4.03. The Balaban J connectivity index is 1.60. The summed E-state index contributed by atoms with van der Waals surface area (Å²) >= 11 is 0. The minimum Gasteiger partial charge on any atom is -0.337 e. The number of benzene rings is 2. The summed E-state index contributed by atoms with van der Waals surface area (Å²) in [4.78, 5) is 49.8. The first-order valence-electron chi connectivity index (χ1n) is 10.1. The number of carbonyl (C=O) groups is 4. The van der Waals surface area contributed by atoms with E-state index < -0.39 is 71.2 Å². The number of piperidine rings is 1. The number of nitrogens with zero attached hydrogens (tertiary/aromatic N) is 1. The molecule has 1 fully saturated rings. The molecule has 4 amide bonds. The van der Waals surface area contributed by atoms with E-state index in [0.29, 0.717) is 6.07 Å². The van der Waals surface area contributed by atoms with Crippen molar-refractivity contribution in [3.8, 4) is 0 Å². The lowest BCUT2D eigenvalue weighted by atomic mass is 10.0. The highest BCUT2D eigenvalue weighted by molar-refractivity contribution is 6.06. The number of imide groups is 1. The molecule has 0 spiro atoms. The molecule has 34 heavy (non-hydrogen) atoms. The van der Waals surface area contributed by atoms with E-state index in [1.54, 1.807) is 5.32 Å². The second-order valence-corrected chi connectivity index (χ2v) is 7.86. The van der Waals surface area contributed by atoms with Gasteiger partial charge in [-0.15, -0.1) is 0 Å². The van der Waals surface area contributed by atoms with Crippen LogP contribution in [0, 0.1) is 11.6 Å². The molecule has 2 heterocycles. The van der Waals surface area contributed by atoms with E-state index in [1.165, 1.54) is 0 Å². The summed E-state index contributed by atoms with van der Waals surface area (Å²) in [6, 6.07) is 1.87. The molecule has 0 aliphatic carbocycles. The van der Waals surface area contributed by atoms with Gasteiger partial charge in [0.15, 0.2) is 6.04 Å². The van der Waals surface area contributed by atoms with Gasteiger partial charge in [0.1, 0.15) is 17.7 Å². The highest BCUT2D eigenvalue weighted by atomic mass is 19.4. The van der Waals surface area contributed by atoms with Gasteiger partial charge in [0, 0.05) is 17.5 Å². The first kappa shape index (κ1) is 23.3. The van der Waals surface area contributed by atoms with E-state index in [2.05, 4.69) is 5.32 Å². The molecular weight excluding hydrogens is 465 g/mol. The van der Waals surface area contributed by atoms with Crippen LogP contribution in [-0.2, 0) is 16.1 Å². The Hall–Kier alpha value is -3.83. The van der Waals surface area contributed by atoms with Crippen molar-refractivity contribution in [3.05, 3.63) is 70.3 Å². The quantitative estimate of drug-likeness (QED) is 0.519. The van der Waals surface area contributed by atoms with Crippen molar-refractivity contribution in [2.75, 3.05) is 0 Å². The molecule has 0 aromatic heterocycles. The van der Waals surface area contributed by atoms with E-state index in [0.717, 1.165) is 35.2 Å². The zero-order chi connectivity index (χ0) is 24.8. The van der Waals surface area contributed by atoms with Gasteiger partial charge in [0.2, 0.25) is 11.8 Å². The van der Waals surface area contributed by atoms with E-state index in [-0.39, 0.29) is 24.0 Å². The molecule has 0 radical (unpaired) electrons. The molecule has 2 aliphatic rings. The number of fused-ring (bicyclic) bond motifs is 1. The van der Waals surface area contributed by atoms with E-state index in [9.17, 15) is 36.7 Å². The molecule has 2 unspecified atom stereocenters. The van der Waals surface area contributed by atoms with Crippen LogP contribution in [0.3, 0.4) is 0 Å². The summed E-state index contributed by atoms with van der Waals surface area (Å²) in [6.07, 6.45) is -5.00. The molecule has 2 aliphatic heterocycles. The van der Waals surface area contributed by atoms with Crippen LogP contribution in [0.25, 0.3) is 0 Å². The fraction of sp³-hybridized carbons (Fsp3) is 0.273. The largest absolute Gasteiger partial charge is 0.412 e. The van der Waals surface area contributed by atoms with Crippen LogP contribution in [0.2, 0.25) is 0 Å². The molecule has 178 valence electrons. The molecule has 12 heteroatoms. The lowest BCUT2D eigenvalue weighted by Crippen LogP contribution is -2.52. The topological polar surface area (TPSA) is 95.6 Å². The summed E-state index contributed by atoms with van der Waals surface area (Å²) in [6.45, 7) is -0.403. The lowest BCUT2D eigenvalue weighted by Gasteiger charge is -2.29. The summed E-state index contributed by atoms with van der Waals surface area (Å²) < 4.78 is 69.3. The molecule has 2 aromatic rings. The number of carbonyl (C=O) groups excluding carboxylic acids is 4. The summed E-state index contributed by atoms with van der Waals surface area (Å²) in [5, 5.41) is 3.77. The van der Waals surface area contributed by atoms with Crippen molar-refractivity contribution in [3.63, 3.8) is 0 Å². The van der Waals surface area contributed by atoms with Gasteiger partial charge in [-0.25, -0.2) is 8.78 Å². The number of hydrogen-bond donors (Lipinski definition) is 2. The van der Waals surface area contributed by atoms with Gasteiger partial charge in [-0.1, -0.05) is 12.1 Å². The Labute approximate surface area is 188 Å². The third kappa shape index (κ3) is 4.22. The smallest absolute Gasteiger partial charge is 0.337 e. The molecule has 1 saturated heterocycles. The second kappa shape index (κ2) is 8.50. The average molecular weight is 481 g/mol. The summed E-state index contributed by atoms with van der Waals surface area (Å²) in [7, 11) is 0. The van der Waals surface area contributed by atoms with E-state index in [4.69, 9.17) is 0 Å². The molecule has 2 atom stereocenters. The highest BCUT2D eigenvalue weighted by Crippen LogP contribution is 2.34. The van der Waals surface area contributed by atoms with Crippen molar-refractivity contribution in [1.29, 1.82) is 0 Å². The number of halogens is 5. The van der Waals surface area contributed by atoms with Crippen LogP contribution in [0.1, 0.15) is 50.7 Å². The maximum atomic E-state index is 15.2. The molecular formula is C22H16F5N3O4. The molecule has 7 nitrogen and oxygen atoms in total. The Morgan fingerprint density at radius 1 is 1.12 bits per heavy atom. The van der Waals surface area contributed by atoms with Crippen molar-refractivity contribution >= 4 is 23.6 Å². The van der Waals surface area contributed by atoms with Crippen molar-refractivity contribution < 1.29 is 41.1 Å². The van der Waals surface area contributed by atoms with Crippen LogP contribution in [-0.4, -0.2) is 40.7 Å². The van der Waals surface area contributed by atoms with Crippen LogP contribution in [0.15, 0.2) is 36.4 Å². The highest BCUT2D eigenvalue weighted by Gasteiger charge is 2.44. The predicted molar refractivity (Wildman–Crippen MR) is 105 cm³/mol. The van der Waals surface area contributed by atoms with Crippen LogP contribution in [0.5, 0.6) is 0 Å². The van der Waals surface area contributed by atoms with Crippen molar-refractivity contribution in [1.82, 2.24) is 15.5 Å². The van der Waals surface area contributed by atoms with Gasteiger partial charge < -0.3 is 10.2 Å². The third-order valence-corrected chi connectivity index (χ3v) is 5.68. The second-order valence-electron chi connectivity index (χ2n) is 7.86. The molecule has 2 N–H and O–H groups in total. The SMILES string of the molecule is O=C1CCC(N2Cc3c(ccc(C(=O)NC(c4cccc(F)c4)C(F)(F)F)c3F)C2=O)C(=O)N1. The van der Waals surface area contributed by atoms with Crippen LogP contribution < -0.4 is 10.6 Å². The molecule has 0 bridgehead atoms. The first-order valence-corrected chi connectivity index (χ1v) is 10.1. The third-order valence-electron chi connectivity index (χ3n) is 5.68. The normalized spacial score (nSPS) is 19.0. The van der Waals surface area contributed by atoms with Gasteiger partial charge in [0.05, 0.1) is 12.1 Å². The number of alkyl halides is 3. The lowest BCUT2D eigenvalue weighted by molar-refractivity contribution is -0.155. The Morgan fingerprint density at radius 3 is 2.50 bits per heavy atom. The summed E-state index contributed by atoms with van der Waals surface area (Å²) in [5.74, 6) is -5.51. The van der Waals surface area contributed by atoms with Gasteiger partial charge in [-0.05, 0) is 36.2 Å². The predicted octanol–water partition coefficient (Wildman–Crippen LogP) is 2.76. The van der Waals surface area contributed by atoms with Crippen molar-refractivity contribution in [2.24, 2.45) is 0 Å². The minimum absolute atomic E-state index is 0.0222. The standard InChI is InChI=1S/C22H16F5N3O4/c23-11-3-1-2-10(8-11)18(22(25,26)27)29-19(32)13-5-4-12-14(17(13)24)9-30(21(12)34)15-6-7-16(31)28-20(15)33/h1-5,8,15,18H,6-7,9H2,(H,29,32)(H,28,31,33). The maximum absolute atomic E-state index is 15.2. The number of amides is 4. The monoisotopic (exact) mass is 481 g/mol. The van der Waals surface area contributed by atoms with Crippen molar-refractivity contribution in [2.45, 2.75) is 37.6 Å². The Bertz CT molecular complexity index is 1210. The number of hydrogen-bond acceptors (Lipinski definition) is 4. The molecule has 2 aromatic carbocycles. The van der Waals surface area contributed by atoms with Crippen LogP contribution >= 0.6 is 0 Å². The fourth-order valence-electron chi connectivity index (χ4n) is 4.03. The average Bonchev–Trinajstić information content (AvgIpc) is 3.08.